The summed E-state index contributed by atoms with van der Waals surface area (Å²) in [7, 11) is -3.83. The van der Waals surface area contributed by atoms with Gasteiger partial charge in [-0.05, 0) is 56.1 Å². The summed E-state index contributed by atoms with van der Waals surface area (Å²) in [6, 6.07) is 5.02. The number of aliphatic imine (C=N–C) groups is 1. The fourth-order valence-electron chi connectivity index (χ4n) is 3.89. The lowest BCUT2D eigenvalue weighted by Gasteiger charge is -2.40. The van der Waals surface area contributed by atoms with Gasteiger partial charge in [0.1, 0.15) is 22.9 Å². The molecule has 15 heteroatoms. The zero-order chi connectivity index (χ0) is 32.0. The Kier molecular flexibility index (Phi) is 11.1. The highest BCUT2D eigenvalue weighted by Crippen LogP contribution is 2.41. The van der Waals surface area contributed by atoms with Crippen LogP contribution in [0.2, 0.25) is 18.1 Å². The van der Waals surface area contributed by atoms with Crippen LogP contribution in [0.15, 0.2) is 35.6 Å². The summed E-state index contributed by atoms with van der Waals surface area (Å²) < 4.78 is 53.3. The molecule has 1 aromatic heterocycles. The second kappa shape index (κ2) is 14.0. The van der Waals surface area contributed by atoms with Gasteiger partial charge in [0, 0.05) is 19.0 Å². The number of nitrogens with one attached hydrogen (secondary N) is 3. The molecule has 13 nitrogen and oxygen atoms in total. The van der Waals surface area contributed by atoms with Crippen molar-refractivity contribution >= 4 is 35.9 Å². The van der Waals surface area contributed by atoms with E-state index in [2.05, 4.69) is 51.3 Å². The van der Waals surface area contributed by atoms with Crippen LogP contribution < -0.4 is 25.0 Å². The first kappa shape index (κ1) is 34.2. The number of amides is 1. The number of hydrogen-bond donors (Lipinski definition) is 3. The van der Waals surface area contributed by atoms with Crippen molar-refractivity contribution in [2.24, 2.45) is 10.9 Å². The number of nitrogens with zero attached hydrogens (tertiary/aromatic N) is 3. The highest BCUT2D eigenvalue weighted by Gasteiger charge is 2.44. The molecule has 2 aromatic rings. The van der Waals surface area contributed by atoms with Crippen molar-refractivity contribution in [3.8, 4) is 11.5 Å². The van der Waals surface area contributed by atoms with E-state index in [0.717, 1.165) is 5.56 Å². The zero-order valence-electron chi connectivity index (χ0n) is 26.3. The molecule has 238 valence electrons. The quantitative estimate of drug-likeness (QED) is 0.152. The van der Waals surface area contributed by atoms with Gasteiger partial charge in [-0.3, -0.25) is 20.4 Å². The van der Waals surface area contributed by atoms with Gasteiger partial charge in [0.15, 0.2) is 19.8 Å². The van der Waals surface area contributed by atoms with Crippen LogP contribution in [0.3, 0.4) is 0 Å². The third-order valence-electron chi connectivity index (χ3n) is 7.67. The third kappa shape index (κ3) is 8.65. The van der Waals surface area contributed by atoms with Gasteiger partial charge in [0.05, 0.1) is 26.7 Å². The van der Waals surface area contributed by atoms with Crippen LogP contribution in [0.4, 0.5) is 5.69 Å². The topological polar surface area (TPSA) is 162 Å². The number of guanidine groups is 1. The van der Waals surface area contributed by atoms with E-state index < -0.39 is 29.7 Å². The summed E-state index contributed by atoms with van der Waals surface area (Å²) in [4.78, 5) is 26.1. The van der Waals surface area contributed by atoms with Gasteiger partial charge in [0.2, 0.25) is 21.9 Å². The molecule has 1 unspecified atom stereocenters. The lowest BCUT2D eigenvalue weighted by atomic mass is 10.1. The van der Waals surface area contributed by atoms with Crippen LogP contribution in [-0.4, -0.2) is 71.3 Å². The van der Waals surface area contributed by atoms with Crippen LogP contribution in [0.5, 0.6) is 11.5 Å². The number of methoxy groups -OCH3 is 2. The van der Waals surface area contributed by atoms with Crippen LogP contribution in [0, 0.1) is 12.8 Å². The van der Waals surface area contributed by atoms with Gasteiger partial charge in [0.25, 0.3) is 0 Å². The number of hydrogen-bond acceptors (Lipinski definition) is 10. The molecule has 1 aliphatic heterocycles. The second-order valence-electron chi connectivity index (χ2n) is 11.9. The van der Waals surface area contributed by atoms with Crippen molar-refractivity contribution in [2.75, 3.05) is 27.4 Å². The van der Waals surface area contributed by atoms with Crippen molar-refractivity contribution in [2.45, 2.75) is 70.5 Å². The predicted octanol–water partition coefficient (Wildman–Crippen LogP) is 3.52. The van der Waals surface area contributed by atoms with Gasteiger partial charge in [-0.25, -0.2) is 23.4 Å². The van der Waals surface area contributed by atoms with Crippen molar-refractivity contribution < 1.29 is 31.8 Å². The number of aryl methyl sites for hydroxylation is 1. The van der Waals surface area contributed by atoms with E-state index in [1.807, 2.05) is 20.0 Å². The van der Waals surface area contributed by atoms with Crippen LogP contribution >= 0.6 is 0 Å². The number of ether oxygens (including phenoxy) is 3. The van der Waals surface area contributed by atoms with E-state index in [9.17, 15) is 13.2 Å². The molecule has 0 bridgehead atoms. The van der Waals surface area contributed by atoms with Gasteiger partial charge in [-0.15, -0.1) is 0 Å². The minimum Gasteiger partial charge on any atom is -0.494 e. The smallest absolute Gasteiger partial charge is 0.243 e. The standard InChI is InChI=1S/C28H44N6O7SSi/c1-18-15-29-25(30-16-18)24(41-43(8,9)28(3,4)5)19(2)42(36,37)34-27(33-32-26(35)20-13-14-40-17-20)31-23-21(38-6)11-10-12-22(23)39-7/h10-12,15-16,19-20,24H,13-14,17H2,1-9H3,(H,32,35)(H2,31,33,34)/t19-,20?,24-/m0/s1. The molecular formula is C28H44N6O7SSi. The Labute approximate surface area is 255 Å². The number of benzene rings is 1. The van der Waals surface area contributed by atoms with Crippen LogP contribution in [-0.2, 0) is 24.0 Å². The number of aromatic nitrogens is 2. The molecule has 0 radical (unpaired) electrons. The SMILES string of the molecule is COc1cccc(OC)c1N=C(NNC(=O)C1CCOC1)NS(=O)(=O)[C@@H](C)[C@H](O[Si](C)(C)C(C)(C)C)c1ncc(C)cn1. The van der Waals surface area contributed by atoms with E-state index in [1.165, 1.54) is 21.1 Å². The summed E-state index contributed by atoms with van der Waals surface area (Å²) in [5.41, 5.74) is 6.23. The first-order valence-corrected chi connectivity index (χ1v) is 18.5. The molecule has 1 amide bonds. The number of carbonyl (C=O) groups is 1. The summed E-state index contributed by atoms with van der Waals surface area (Å²) in [5.74, 6) is -0.122. The fourth-order valence-corrected chi connectivity index (χ4v) is 6.34. The maximum Gasteiger partial charge on any atom is 0.243 e. The third-order valence-corrected chi connectivity index (χ3v) is 13.8. The van der Waals surface area contributed by atoms with Crippen molar-refractivity contribution in [1.82, 2.24) is 25.5 Å². The average molecular weight is 637 g/mol. The Morgan fingerprint density at radius 2 is 1.72 bits per heavy atom. The molecule has 3 N–H and O–H groups in total. The molecule has 3 atom stereocenters. The maximum absolute atomic E-state index is 14.0. The molecule has 1 aromatic carbocycles. The number of rotatable bonds is 10. The molecule has 0 saturated carbocycles. The minimum absolute atomic E-state index is 0.208. The highest BCUT2D eigenvalue weighted by atomic mass is 32.2. The zero-order valence-corrected chi connectivity index (χ0v) is 28.2. The summed E-state index contributed by atoms with van der Waals surface area (Å²) in [6.07, 6.45) is 2.81. The second-order valence-corrected chi connectivity index (χ2v) is 18.7. The molecule has 0 aliphatic carbocycles. The lowest BCUT2D eigenvalue weighted by molar-refractivity contribution is -0.125. The van der Waals surface area contributed by atoms with E-state index in [0.29, 0.717) is 24.5 Å². The van der Waals surface area contributed by atoms with E-state index in [4.69, 9.17) is 18.6 Å². The molecular weight excluding hydrogens is 592 g/mol. The first-order chi connectivity index (χ1) is 20.1. The first-order valence-electron chi connectivity index (χ1n) is 14.0. The molecule has 1 saturated heterocycles. The number of sulfonamides is 1. The lowest BCUT2D eigenvalue weighted by Crippen LogP contribution is -2.53. The summed E-state index contributed by atoms with van der Waals surface area (Å²) in [5, 5.41) is -1.38. The molecule has 0 spiro atoms. The normalized spacial score (nSPS) is 17.6. The minimum atomic E-state index is -4.24. The fraction of sp³-hybridized carbons (Fsp3) is 0.571. The van der Waals surface area contributed by atoms with Crippen LogP contribution in [0.1, 0.15) is 51.6 Å². The van der Waals surface area contributed by atoms with Gasteiger partial charge in [-0.1, -0.05) is 26.8 Å². The number of carbonyl (C=O) groups excluding carboxylic acids is 1. The Bertz CT molecular complexity index is 1370. The monoisotopic (exact) mass is 636 g/mol. The Morgan fingerprint density at radius 1 is 1.12 bits per heavy atom. The number of hydrazine groups is 1. The number of para-hydroxylation sites is 1. The Hall–Kier alpha value is -3.27. The van der Waals surface area contributed by atoms with Gasteiger partial charge in [-0.2, -0.15) is 0 Å². The van der Waals surface area contributed by atoms with Crippen molar-refractivity contribution in [3.05, 3.63) is 42.0 Å². The van der Waals surface area contributed by atoms with E-state index in [1.54, 1.807) is 30.6 Å². The van der Waals surface area contributed by atoms with Crippen molar-refractivity contribution in [1.29, 1.82) is 0 Å². The molecule has 1 fully saturated rings. The predicted molar refractivity (Wildman–Crippen MR) is 166 cm³/mol. The Morgan fingerprint density at radius 3 is 2.23 bits per heavy atom. The summed E-state index contributed by atoms with van der Waals surface area (Å²) >= 11 is 0. The Balaban J connectivity index is 2.02. The largest absolute Gasteiger partial charge is 0.494 e. The van der Waals surface area contributed by atoms with Crippen molar-refractivity contribution in [3.63, 3.8) is 0 Å². The summed E-state index contributed by atoms with van der Waals surface area (Å²) in [6.45, 7) is 14.4. The molecule has 1 aliphatic rings. The molecule has 2 heterocycles. The van der Waals surface area contributed by atoms with E-state index >= 15 is 0 Å². The molecule has 43 heavy (non-hydrogen) atoms. The van der Waals surface area contributed by atoms with Gasteiger partial charge < -0.3 is 18.6 Å². The van der Waals surface area contributed by atoms with E-state index in [-0.39, 0.29) is 40.9 Å². The maximum atomic E-state index is 14.0. The average Bonchev–Trinajstić information content (AvgIpc) is 3.49. The van der Waals surface area contributed by atoms with Gasteiger partial charge >= 0.3 is 0 Å². The molecule has 3 rings (SSSR count). The van der Waals surface area contributed by atoms with Crippen LogP contribution in [0.25, 0.3) is 0 Å². The highest BCUT2D eigenvalue weighted by molar-refractivity contribution is 7.90.